The van der Waals surface area contributed by atoms with Crippen LogP contribution in [0, 0.1) is 24.0 Å². The lowest BCUT2D eigenvalue weighted by atomic mass is 10.1. The molecule has 0 atom stereocenters. The number of phenols is 1. The van der Waals surface area contributed by atoms with Crippen LogP contribution >= 0.6 is 0 Å². The Hall–Kier alpha value is -3.95. The lowest BCUT2D eigenvalue weighted by Crippen LogP contribution is -2.20. The molecule has 2 aromatic carbocycles. The first kappa shape index (κ1) is 19.8. The number of aromatic nitrogens is 2. The first-order valence-corrected chi connectivity index (χ1v) is 8.44. The minimum atomic E-state index is -0.686. The summed E-state index contributed by atoms with van der Waals surface area (Å²) >= 11 is 0. The van der Waals surface area contributed by atoms with Crippen molar-refractivity contribution < 1.29 is 19.5 Å². The number of nitro groups is 1. The SMILES string of the molecule is COc1cc2nc(C)n(/N=C/c3cc(C)cc([N+](=O)[O-])c3O)c(=O)c2cc1OC. The molecule has 0 saturated carbocycles. The van der Waals surface area contributed by atoms with E-state index in [1.54, 1.807) is 19.9 Å². The van der Waals surface area contributed by atoms with Crippen LogP contribution in [0.4, 0.5) is 5.69 Å². The molecule has 150 valence electrons. The average molecular weight is 398 g/mol. The van der Waals surface area contributed by atoms with Gasteiger partial charge < -0.3 is 14.6 Å². The van der Waals surface area contributed by atoms with Crippen molar-refractivity contribution in [2.24, 2.45) is 5.10 Å². The molecule has 0 unspecified atom stereocenters. The van der Waals surface area contributed by atoms with Crippen molar-refractivity contribution in [2.75, 3.05) is 14.2 Å². The number of hydrogen-bond donors (Lipinski definition) is 1. The number of ether oxygens (including phenoxy) is 2. The lowest BCUT2D eigenvalue weighted by molar-refractivity contribution is -0.385. The molecule has 0 amide bonds. The predicted molar refractivity (Wildman–Crippen MR) is 106 cm³/mol. The number of benzene rings is 2. The fraction of sp³-hybridized carbons (Fsp3) is 0.211. The van der Waals surface area contributed by atoms with Gasteiger partial charge in [-0.25, -0.2) is 4.98 Å². The average Bonchev–Trinajstić information content (AvgIpc) is 2.68. The zero-order valence-electron chi connectivity index (χ0n) is 16.2. The zero-order chi connectivity index (χ0) is 21.3. The molecule has 0 aliphatic heterocycles. The van der Waals surface area contributed by atoms with Crippen LogP contribution in [0.2, 0.25) is 0 Å². The van der Waals surface area contributed by atoms with Crippen molar-refractivity contribution in [3.63, 3.8) is 0 Å². The molecule has 0 aliphatic carbocycles. The summed E-state index contributed by atoms with van der Waals surface area (Å²) in [7, 11) is 2.94. The zero-order valence-corrected chi connectivity index (χ0v) is 16.2. The Morgan fingerprint density at radius 2 is 1.83 bits per heavy atom. The Bertz CT molecular complexity index is 1220. The van der Waals surface area contributed by atoms with Gasteiger partial charge in [0.05, 0.1) is 36.3 Å². The van der Waals surface area contributed by atoms with E-state index in [1.165, 1.54) is 38.6 Å². The maximum absolute atomic E-state index is 12.9. The van der Waals surface area contributed by atoms with Crippen molar-refractivity contribution in [1.29, 1.82) is 0 Å². The number of nitrogens with zero attached hydrogens (tertiary/aromatic N) is 4. The minimum absolute atomic E-state index is 0.107. The Kier molecular flexibility index (Phi) is 5.18. The van der Waals surface area contributed by atoms with E-state index in [9.17, 15) is 20.0 Å². The van der Waals surface area contributed by atoms with Crippen LogP contribution in [-0.2, 0) is 0 Å². The molecule has 29 heavy (non-hydrogen) atoms. The molecule has 10 heteroatoms. The molecule has 3 rings (SSSR count). The van der Waals surface area contributed by atoms with Crippen molar-refractivity contribution in [3.8, 4) is 17.2 Å². The highest BCUT2D eigenvalue weighted by Crippen LogP contribution is 2.31. The number of aryl methyl sites for hydroxylation is 2. The van der Waals surface area contributed by atoms with E-state index >= 15 is 0 Å². The maximum atomic E-state index is 12.9. The van der Waals surface area contributed by atoms with Gasteiger partial charge in [-0.2, -0.15) is 9.78 Å². The van der Waals surface area contributed by atoms with Gasteiger partial charge >= 0.3 is 5.69 Å². The Labute approximate surface area is 164 Å². The highest BCUT2D eigenvalue weighted by atomic mass is 16.6. The molecular formula is C19H18N4O6. The third-order valence-corrected chi connectivity index (χ3v) is 4.29. The quantitative estimate of drug-likeness (QED) is 0.397. The molecular weight excluding hydrogens is 380 g/mol. The molecule has 0 aliphatic rings. The van der Waals surface area contributed by atoms with E-state index in [2.05, 4.69) is 10.1 Å². The molecule has 1 aromatic heterocycles. The topological polar surface area (TPSA) is 129 Å². The number of phenolic OH excluding ortho intramolecular Hbond substituents is 1. The van der Waals surface area contributed by atoms with Crippen molar-refractivity contribution in [2.45, 2.75) is 13.8 Å². The molecule has 1 heterocycles. The summed E-state index contributed by atoms with van der Waals surface area (Å²) in [5, 5.41) is 25.6. The Morgan fingerprint density at radius 3 is 2.45 bits per heavy atom. The normalized spacial score (nSPS) is 11.2. The van der Waals surface area contributed by atoms with Crippen LogP contribution in [0.25, 0.3) is 10.9 Å². The fourth-order valence-electron chi connectivity index (χ4n) is 2.90. The third-order valence-electron chi connectivity index (χ3n) is 4.29. The summed E-state index contributed by atoms with van der Waals surface area (Å²) < 4.78 is 11.5. The fourth-order valence-corrected chi connectivity index (χ4v) is 2.90. The van der Waals surface area contributed by atoms with Crippen LogP contribution in [0.5, 0.6) is 17.2 Å². The van der Waals surface area contributed by atoms with Crippen molar-refractivity contribution in [1.82, 2.24) is 9.66 Å². The molecule has 1 N–H and O–H groups in total. The monoisotopic (exact) mass is 398 g/mol. The predicted octanol–water partition coefficient (Wildman–Crippen LogP) is 2.53. The van der Waals surface area contributed by atoms with Gasteiger partial charge in [0.2, 0.25) is 5.75 Å². The maximum Gasteiger partial charge on any atom is 0.311 e. The van der Waals surface area contributed by atoms with Gasteiger partial charge in [-0.15, -0.1) is 0 Å². The number of hydrogen-bond acceptors (Lipinski definition) is 8. The molecule has 3 aromatic rings. The molecule has 0 fully saturated rings. The van der Waals surface area contributed by atoms with Crippen LogP contribution in [0.3, 0.4) is 0 Å². The summed E-state index contributed by atoms with van der Waals surface area (Å²) in [5.74, 6) is 0.553. The Balaban J connectivity index is 2.16. The van der Waals surface area contributed by atoms with E-state index in [0.29, 0.717) is 22.6 Å². The number of methoxy groups -OCH3 is 2. The first-order valence-electron chi connectivity index (χ1n) is 8.44. The molecule has 0 bridgehead atoms. The molecule has 0 saturated heterocycles. The second-order valence-corrected chi connectivity index (χ2v) is 6.22. The number of nitro benzene ring substituents is 1. The van der Waals surface area contributed by atoms with Gasteiger partial charge in [0.1, 0.15) is 5.82 Å². The highest BCUT2D eigenvalue weighted by molar-refractivity contribution is 5.86. The number of rotatable bonds is 5. The van der Waals surface area contributed by atoms with Gasteiger partial charge in [0, 0.05) is 17.7 Å². The van der Waals surface area contributed by atoms with Gasteiger partial charge in [-0.3, -0.25) is 14.9 Å². The second kappa shape index (κ2) is 7.58. The van der Waals surface area contributed by atoms with Gasteiger partial charge in [-0.05, 0) is 31.5 Å². The standard InChI is InChI=1S/C19H18N4O6/c1-10-5-12(18(24)15(6-10)23(26)27)9-20-22-11(2)21-14-8-17(29-4)16(28-3)7-13(14)19(22)25/h5-9,24H,1-4H3/b20-9+. The van der Waals surface area contributed by atoms with Gasteiger partial charge in [0.15, 0.2) is 11.5 Å². The van der Waals surface area contributed by atoms with Crippen molar-refractivity contribution in [3.05, 3.63) is 61.7 Å². The van der Waals surface area contributed by atoms with E-state index in [4.69, 9.17) is 9.47 Å². The number of aromatic hydroxyl groups is 1. The highest BCUT2D eigenvalue weighted by Gasteiger charge is 2.18. The summed E-state index contributed by atoms with van der Waals surface area (Å²) in [6.45, 7) is 3.24. The van der Waals surface area contributed by atoms with Crippen LogP contribution < -0.4 is 15.0 Å². The molecule has 0 spiro atoms. The van der Waals surface area contributed by atoms with Crippen LogP contribution in [0.1, 0.15) is 17.0 Å². The van der Waals surface area contributed by atoms with E-state index in [0.717, 1.165) is 4.68 Å². The Morgan fingerprint density at radius 1 is 1.17 bits per heavy atom. The van der Waals surface area contributed by atoms with Gasteiger partial charge in [0.25, 0.3) is 5.56 Å². The van der Waals surface area contributed by atoms with E-state index in [1.807, 2.05) is 0 Å². The van der Waals surface area contributed by atoms with Crippen molar-refractivity contribution >= 4 is 22.8 Å². The summed E-state index contributed by atoms with van der Waals surface area (Å²) in [6.07, 6.45) is 1.18. The summed E-state index contributed by atoms with van der Waals surface area (Å²) in [5.41, 5.74) is 0.171. The summed E-state index contributed by atoms with van der Waals surface area (Å²) in [4.78, 5) is 27.7. The second-order valence-electron chi connectivity index (χ2n) is 6.22. The van der Waals surface area contributed by atoms with Gasteiger partial charge in [-0.1, -0.05) is 0 Å². The lowest BCUT2D eigenvalue weighted by Gasteiger charge is -2.10. The number of fused-ring (bicyclic) bond motifs is 1. The smallest absolute Gasteiger partial charge is 0.311 e. The summed E-state index contributed by atoms with van der Waals surface area (Å²) in [6, 6.07) is 5.87. The third kappa shape index (κ3) is 3.59. The van der Waals surface area contributed by atoms with E-state index in [-0.39, 0.29) is 16.8 Å². The van der Waals surface area contributed by atoms with Crippen LogP contribution in [-0.4, -0.2) is 40.1 Å². The largest absolute Gasteiger partial charge is 0.502 e. The first-order chi connectivity index (χ1) is 13.8. The van der Waals surface area contributed by atoms with Crippen LogP contribution in [0.15, 0.2) is 34.2 Å². The van der Waals surface area contributed by atoms with E-state index < -0.39 is 21.9 Å². The minimum Gasteiger partial charge on any atom is -0.502 e. The molecule has 10 nitrogen and oxygen atoms in total. The molecule has 0 radical (unpaired) electrons.